The van der Waals surface area contributed by atoms with E-state index in [-0.39, 0.29) is 0 Å². The molecule has 0 aliphatic carbocycles. The molecule has 1 aliphatic heterocycles. The van der Waals surface area contributed by atoms with E-state index < -0.39 is 17.6 Å². The SMILES string of the molecule is CC(C)(O)CN1CCNCC1C(=O)O. The molecule has 1 saturated heterocycles. The van der Waals surface area contributed by atoms with Crippen LogP contribution in [0.2, 0.25) is 0 Å². The lowest BCUT2D eigenvalue weighted by Crippen LogP contribution is -2.57. The Hall–Kier alpha value is -0.650. The van der Waals surface area contributed by atoms with E-state index >= 15 is 0 Å². The zero-order chi connectivity index (χ0) is 10.8. The van der Waals surface area contributed by atoms with Crippen LogP contribution in [-0.4, -0.2) is 58.9 Å². The van der Waals surface area contributed by atoms with Gasteiger partial charge in [0.2, 0.25) is 0 Å². The van der Waals surface area contributed by atoms with Gasteiger partial charge in [-0.1, -0.05) is 0 Å². The molecule has 0 amide bonds. The highest BCUT2D eigenvalue weighted by Crippen LogP contribution is 2.10. The summed E-state index contributed by atoms with van der Waals surface area (Å²) >= 11 is 0. The monoisotopic (exact) mass is 202 g/mol. The highest BCUT2D eigenvalue weighted by atomic mass is 16.4. The Balaban J connectivity index is 2.59. The summed E-state index contributed by atoms with van der Waals surface area (Å²) in [4.78, 5) is 12.7. The lowest BCUT2D eigenvalue weighted by atomic mass is 10.1. The van der Waals surface area contributed by atoms with Crippen molar-refractivity contribution < 1.29 is 15.0 Å². The summed E-state index contributed by atoms with van der Waals surface area (Å²) in [5, 5.41) is 21.6. The Labute approximate surface area is 83.7 Å². The summed E-state index contributed by atoms with van der Waals surface area (Å²) < 4.78 is 0. The summed E-state index contributed by atoms with van der Waals surface area (Å²) in [6.45, 7) is 5.67. The van der Waals surface area contributed by atoms with Crippen molar-refractivity contribution in [3.63, 3.8) is 0 Å². The van der Waals surface area contributed by atoms with Crippen LogP contribution in [0.3, 0.4) is 0 Å². The number of piperazine rings is 1. The van der Waals surface area contributed by atoms with Crippen LogP contribution in [-0.2, 0) is 4.79 Å². The van der Waals surface area contributed by atoms with Crippen LogP contribution < -0.4 is 5.32 Å². The molecule has 0 saturated carbocycles. The zero-order valence-corrected chi connectivity index (χ0v) is 8.66. The lowest BCUT2D eigenvalue weighted by molar-refractivity contribution is -0.145. The molecule has 0 radical (unpaired) electrons. The quantitative estimate of drug-likeness (QED) is 0.554. The maximum Gasteiger partial charge on any atom is 0.322 e. The number of rotatable bonds is 3. The number of aliphatic hydroxyl groups is 1. The molecule has 5 heteroatoms. The van der Waals surface area contributed by atoms with E-state index in [4.69, 9.17) is 5.11 Å². The zero-order valence-electron chi connectivity index (χ0n) is 8.66. The van der Waals surface area contributed by atoms with Crippen LogP contribution in [0.15, 0.2) is 0 Å². The van der Waals surface area contributed by atoms with Gasteiger partial charge in [-0.2, -0.15) is 0 Å². The van der Waals surface area contributed by atoms with E-state index in [1.807, 2.05) is 0 Å². The summed E-state index contributed by atoms with van der Waals surface area (Å²) in [7, 11) is 0. The van der Waals surface area contributed by atoms with Gasteiger partial charge in [-0.3, -0.25) is 9.69 Å². The second kappa shape index (κ2) is 4.25. The number of aliphatic carboxylic acids is 1. The van der Waals surface area contributed by atoms with Gasteiger partial charge in [0.05, 0.1) is 5.60 Å². The molecule has 1 rings (SSSR count). The fourth-order valence-electron chi connectivity index (χ4n) is 1.68. The van der Waals surface area contributed by atoms with Crippen LogP contribution in [0.5, 0.6) is 0 Å². The third-order valence-corrected chi connectivity index (χ3v) is 2.23. The first-order valence-electron chi connectivity index (χ1n) is 4.80. The van der Waals surface area contributed by atoms with Gasteiger partial charge >= 0.3 is 5.97 Å². The second-order valence-electron chi connectivity index (χ2n) is 4.34. The molecular weight excluding hydrogens is 184 g/mol. The van der Waals surface area contributed by atoms with Crippen LogP contribution in [0.1, 0.15) is 13.8 Å². The van der Waals surface area contributed by atoms with Crippen LogP contribution in [0.4, 0.5) is 0 Å². The standard InChI is InChI=1S/C9H18N2O3/c1-9(2,14)6-11-4-3-10-5-7(11)8(12)13/h7,10,14H,3-6H2,1-2H3,(H,12,13). The van der Waals surface area contributed by atoms with E-state index in [0.717, 1.165) is 6.54 Å². The van der Waals surface area contributed by atoms with Crippen LogP contribution >= 0.6 is 0 Å². The van der Waals surface area contributed by atoms with E-state index in [2.05, 4.69) is 5.32 Å². The maximum atomic E-state index is 10.9. The molecule has 1 atom stereocenters. The Morgan fingerprint density at radius 2 is 2.29 bits per heavy atom. The van der Waals surface area contributed by atoms with Gasteiger partial charge in [0.1, 0.15) is 6.04 Å². The van der Waals surface area contributed by atoms with Crippen molar-refractivity contribution in [1.29, 1.82) is 0 Å². The van der Waals surface area contributed by atoms with Gasteiger partial charge in [0.25, 0.3) is 0 Å². The predicted molar refractivity (Wildman–Crippen MR) is 52.2 cm³/mol. The Kier molecular flexibility index (Phi) is 3.47. The third kappa shape index (κ3) is 3.25. The van der Waals surface area contributed by atoms with Crippen LogP contribution in [0, 0.1) is 0 Å². The molecule has 1 fully saturated rings. The van der Waals surface area contributed by atoms with Crippen molar-refractivity contribution >= 4 is 5.97 Å². The van der Waals surface area contributed by atoms with E-state index in [1.54, 1.807) is 18.7 Å². The molecule has 0 aromatic carbocycles. The van der Waals surface area contributed by atoms with Crippen molar-refractivity contribution in [2.24, 2.45) is 0 Å². The van der Waals surface area contributed by atoms with Crippen molar-refractivity contribution in [3.8, 4) is 0 Å². The molecule has 0 bridgehead atoms. The van der Waals surface area contributed by atoms with Crippen molar-refractivity contribution in [2.75, 3.05) is 26.2 Å². The number of hydrogen-bond donors (Lipinski definition) is 3. The van der Waals surface area contributed by atoms with Gasteiger partial charge in [-0.25, -0.2) is 0 Å². The molecule has 82 valence electrons. The molecule has 0 aromatic heterocycles. The van der Waals surface area contributed by atoms with Gasteiger partial charge in [-0.05, 0) is 13.8 Å². The summed E-state index contributed by atoms with van der Waals surface area (Å²) in [5.41, 5.74) is -0.842. The number of hydrogen-bond acceptors (Lipinski definition) is 4. The number of carbonyl (C=O) groups is 1. The first-order valence-corrected chi connectivity index (χ1v) is 4.80. The summed E-state index contributed by atoms with van der Waals surface area (Å²) in [6.07, 6.45) is 0. The number of carboxylic acids is 1. The van der Waals surface area contributed by atoms with Crippen LogP contribution in [0.25, 0.3) is 0 Å². The average Bonchev–Trinajstić information content (AvgIpc) is 2.01. The average molecular weight is 202 g/mol. The molecule has 1 aliphatic rings. The molecule has 1 heterocycles. The Morgan fingerprint density at radius 3 is 2.79 bits per heavy atom. The highest BCUT2D eigenvalue weighted by molar-refractivity contribution is 5.74. The number of nitrogens with one attached hydrogen (secondary N) is 1. The highest BCUT2D eigenvalue weighted by Gasteiger charge is 2.31. The second-order valence-corrected chi connectivity index (χ2v) is 4.34. The molecule has 1 unspecified atom stereocenters. The minimum absolute atomic E-state index is 0.394. The molecule has 0 spiro atoms. The van der Waals surface area contributed by atoms with E-state index in [1.165, 1.54) is 0 Å². The molecule has 14 heavy (non-hydrogen) atoms. The van der Waals surface area contributed by atoms with Crippen molar-refractivity contribution in [2.45, 2.75) is 25.5 Å². The van der Waals surface area contributed by atoms with Crippen molar-refractivity contribution in [3.05, 3.63) is 0 Å². The molecule has 5 nitrogen and oxygen atoms in total. The fourth-order valence-corrected chi connectivity index (χ4v) is 1.68. The van der Waals surface area contributed by atoms with Gasteiger partial charge in [-0.15, -0.1) is 0 Å². The Morgan fingerprint density at radius 1 is 1.64 bits per heavy atom. The van der Waals surface area contributed by atoms with E-state index in [9.17, 15) is 9.90 Å². The number of β-amino-alcohol motifs (C(OH)–C–C–N with tert-alkyl or cyclic N) is 1. The summed E-state index contributed by atoms with van der Waals surface area (Å²) in [5.74, 6) is -0.832. The molecular formula is C9H18N2O3. The predicted octanol–water partition coefficient (Wildman–Crippen LogP) is -0.884. The largest absolute Gasteiger partial charge is 0.480 e. The number of nitrogens with zero attached hydrogens (tertiary/aromatic N) is 1. The third-order valence-electron chi connectivity index (χ3n) is 2.23. The van der Waals surface area contributed by atoms with Crippen molar-refractivity contribution in [1.82, 2.24) is 10.2 Å². The first-order chi connectivity index (χ1) is 6.40. The normalized spacial score (nSPS) is 24.9. The molecule has 3 N–H and O–H groups in total. The minimum Gasteiger partial charge on any atom is -0.480 e. The van der Waals surface area contributed by atoms with Gasteiger partial charge in [0.15, 0.2) is 0 Å². The number of carboxylic acid groups (broad SMARTS) is 1. The molecule has 0 aromatic rings. The summed E-state index contributed by atoms with van der Waals surface area (Å²) in [6, 6.07) is -0.518. The van der Waals surface area contributed by atoms with Gasteiger partial charge < -0.3 is 15.5 Å². The van der Waals surface area contributed by atoms with E-state index in [0.29, 0.717) is 19.6 Å². The topological polar surface area (TPSA) is 72.8 Å². The first kappa shape index (κ1) is 11.4. The Bertz CT molecular complexity index is 213. The van der Waals surface area contributed by atoms with Gasteiger partial charge in [0, 0.05) is 26.2 Å². The smallest absolute Gasteiger partial charge is 0.322 e. The fraction of sp³-hybridized carbons (Fsp3) is 0.889. The lowest BCUT2D eigenvalue weighted by Gasteiger charge is -2.36. The maximum absolute atomic E-state index is 10.9. The minimum atomic E-state index is -0.842.